The van der Waals surface area contributed by atoms with Gasteiger partial charge in [0.25, 0.3) is 5.69 Å². The van der Waals surface area contributed by atoms with Gasteiger partial charge < -0.3 is 10.3 Å². The SMILES string of the molecule is Cc1cc2c(n1-c1cc([N+](=O)[O-])ccc1F)CCCC2N. The second kappa shape index (κ2) is 4.96. The number of nitrogens with zero attached hydrogens (tertiary/aromatic N) is 2. The number of halogens is 1. The molecule has 0 amide bonds. The molecule has 1 unspecified atom stereocenters. The van der Waals surface area contributed by atoms with Crippen molar-refractivity contribution in [1.29, 1.82) is 0 Å². The number of nitro benzene ring substituents is 1. The standard InChI is InChI=1S/C15H16FN3O2/c1-9-7-11-13(17)3-2-4-14(11)18(9)15-8-10(19(20)21)5-6-12(15)16/h5-8,13H,2-4,17H2,1H3. The van der Waals surface area contributed by atoms with Crippen molar-refractivity contribution in [2.45, 2.75) is 32.2 Å². The summed E-state index contributed by atoms with van der Waals surface area (Å²) < 4.78 is 15.9. The maximum atomic E-state index is 14.2. The first-order chi connectivity index (χ1) is 9.99. The summed E-state index contributed by atoms with van der Waals surface area (Å²) in [5.74, 6) is -0.471. The van der Waals surface area contributed by atoms with Gasteiger partial charge in [0.1, 0.15) is 5.82 Å². The Kier molecular flexibility index (Phi) is 3.25. The van der Waals surface area contributed by atoms with E-state index in [0.717, 1.165) is 42.3 Å². The van der Waals surface area contributed by atoms with Crippen molar-refractivity contribution >= 4 is 5.69 Å². The summed E-state index contributed by atoms with van der Waals surface area (Å²) in [6.45, 7) is 1.86. The number of non-ortho nitro benzene ring substituents is 1. The summed E-state index contributed by atoms with van der Waals surface area (Å²) in [5, 5.41) is 10.9. The summed E-state index contributed by atoms with van der Waals surface area (Å²) in [5.41, 5.74) is 9.04. The fourth-order valence-electron chi connectivity index (χ4n) is 3.06. The number of rotatable bonds is 2. The summed E-state index contributed by atoms with van der Waals surface area (Å²) in [6, 6.07) is 5.51. The first-order valence-electron chi connectivity index (χ1n) is 6.90. The zero-order valence-corrected chi connectivity index (χ0v) is 11.7. The predicted octanol–water partition coefficient (Wildman–Crippen LogP) is 3.17. The molecule has 0 bridgehead atoms. The number of hydrogen-bond acceptors (Lipinski definition) is 3. The Bertz CT molecular complexity index is 724. The van der Waals surface area contributed by atoms with Crippen LogP contribution >= 0.6 is 0 Å². The lowest BCUT2D eigenvalue weighted by molar-refractivity contribution is -0.384. The van der Waals surface area contributed by atoms with E-state index in [-0.39, 0.29) is 17.4 Å². The van der Waals surface area contributed by atoms with E-state index in [1.165, 1.54) is 12.1 Å². The highest BCUT2D eigenvalue weighted by atomic mass is 19.1. The molecular weight excluding hydrogens is 273 g/mol. The van der Waals surface area contributed by atoms with Gasteiger partial charge in [-0.15, -0.1) is 0 Å². The monoisotopic (exact) mass is 289 g/mol. The minimum atomic E-state index is -0.514. The van der Waals surface area contributed by atoms with Gasteiger partial charge in [-0.1, -0.05) is 0 Å². The molecule has 2 aromatic rings. The normalized spacial score (nSPS) is 17.6. The van der Waals surface area contributed by atoms with Crippen molar-refractivity contribution in [3.8, 4) is 5.69 Å². The molecule has 1 heterocycles. The lowest BCUT2D eigenvalue weighted by atomic mass is 9.93. The second-order valence-electron chi connectivity index (χ2n) is 5.41. The Balaban J connectivity index is 2.21. The molecule has 1 aliphatic rings. The smallest absolute Gasteiger partial charge is 0.271 e. The van der Waals surface area contributed by atoms with Gasteiger partial charge >= 0.3 is 0 Å². The Labute approximate surface area is 121 Å². The van der Waals surface area contributed by atoms with Crippen LogP contribution in [0.5, 0.6) is 0 Å². The van der Waals surface area contributed by atoms with E-state index >= 15 is 0 Å². The largest absolute Gasteiger partial charge is 0.324 e. The van der Waals surface area contributed by atoms with Crippen molar-refractivity contribution in [3.63, 3.8) is 0 Å². The van der Waals surface area contributed by atoms with Gasteiger partial charge in [-0.05, 0) is 43.9 Å². The van der Waals surface area contributed by atoms with Crippen molar-refractivity contribution in [2.24, 2.45) is 5.73 Å². The van der Waals surface area contributed by atoms with Gasteiger partial charge in [-0.3, -0.25) is 10.1 Å². The Morgan fingerprint density at radius 1 is 1.43 bits per heavy atom. The second-order valence-corrected chi connectivity index (χ2v) is 5.41. The van der Waals surface area contributed by atoms with E-state index in [0.29, 0.717) is 0 Å². The Morgan fingerprint density at radius 2 is 2.19 bits per heavy atom. The number of aryl methyl sites for hydroxylation is 1. The summed E-state index contributed by atoms with van der Waals surface area (Å²) in [7, 11) is 0. The van der Waals surface area contributed by atoms with Crippen LogP contribution in [0.2, 0.25) is 0 Å². The van der Waals surface area contributed by atoms with E-state index in [2.05, 4.69) is 0 Å². The third-order valence-corrected chi connectivity index (χ3v) is 4.03. The molecule has 2 N–H and O–H groups in total. The van der Waals surface area contributed by atoms with Crippen molar-refractivity contribution < 1.29 is 9.31 Å². The van der Waals surface area contributed by atoms with E-state index in [1.807, 2.05) is 13.0 Å². The number of nitrogens with two attached hydrogens (primary N) is 1. The van der Waals surface area contributed by atoms with E-state index in [4.69, 9.17) is 5.73 Å². The molecule has 0 radical (unpaired) electrons. The zero-order valence-electron chi connectivity index (χ0n) is 11.7. The van der Waals surface area contributed by atoms with Crippen LogP contribution in [-0.4, -0.2) is 9.49 Å². The summed E-state index contributed by atoms with van der Waals surface area (Å²) in [4.78, 5) is 10.4. The van der Waals surface area contributed by atoms with E-state index in [1.54, 1.807) is 4.57 Å². The molecule has 1 aliphatic carbocycles. The van der Waals surface area contributed by atoms with Crippen LogP contribution in [0.25, 0.3) is 5.69 Å². The van der Waals surface area contributed by atoms with Gasteiger partial charge in [0.2, 0.25) is 0 Å². The molecule has 5 nitrogen and oxygen atoms in total. The molecule has 0 spiro atoms. The molecule has 21 heavy (non-hydrogen) atoms. The third-order valence-electron chi connectivity index (χ3n) is 4.03. The molecule has 0 saturated carbocycles. The summed E-state index contributed by atoms with van der Waals surface area (Å²) >= 11 is 0. The number of aromatic nitrogens is 1. The van der Waals surface area contributed by atoms with Crippen LogP contribution in [0.15, 0.2) is 24.3 Å². The van der Waals surface area contributed by atoms with Gasteiger partial charge in [-0.2, -0.15) is 0 Å². The van der Waals surface area contributed by atoms with Gasteiger partial charge in [-0.25, -0.2) is 4.39 Å². The highest BCUT2D eigenvalue weighted by Crippen LogP contribution is 2.34. The molecular formula is C15H16FN3O2. The highest BCUT2D eigenvalue weighted by molar-refractivity contribution is 5.49. The number of fused-ring (bicyclic) bond motifs is 1. The molecule has 110 valence electrons. The van der Waals surface area contributed by atoms with Gasteiger partial charge in [0.05, 0.1) is 10.6 Å². The molecule has 1 aromatic heterocycles. The summed E-state index contributed by atoms with van der Waals surface area (Å²) in [6.07, 6.45) is 2.65. The van der Waals surface area contributed by atoms with Crippen molar-refractivity contribution in [1.82, 2.24) is 4.57 Å². The van der Waals surface area contributed by atoms with E-state index in [9.17, 15) is 14.5 Å². The fourth-order valence-corrected chi connectivity index (χ4v) is 3.06. The Morgan fingerprint density at radius 3 is 2.90 bits per heavy atom. The van der Waals surface area contributed by atoms with Crippen LogP contribution in [-0.2, 0) is 6.42 Å². The highest BCUT2D eigenvalue weighted by Gasteiger charge is 2.24. The topological polar surface area (TPSA) is 74.1 Å². The van der Waals surface area contributed by atoms with Crippen molar-refractivity contribution in [2.75, 3.05) is 0 Å². The molecule has 3 rings (SSSR count). The molecule has 0 aliphatic heterocycles. The number of hydrogen-bond donors (Lipinski definition) is 1. The van der Waals surface area contributed by atoms with Crippen LogP contribution in [0.4, 0.5) is 10.1 Å². The number of benzene rings is 1. The average Bonchev–Trinajstić information content (AvgIpc) is 2.77. The van der Waals surface area contributed by atoms with Gasteiger partial charge in [0, 0.05) is 29.6 Å². The quantitative estimate of drug-likeness (QED) is 0.681. The van der Waals surface area contributed by atoms with Crippen LogP contribution < -0.4 is 5.73 Å². The number of nitro groups is 1. The minimum Gasteiger partial charge on any atom is -0.324 e. The minimum absolute atomic E-state index is 0.0459. The first kappa shape index (κ1) is 13.8. The average molecular weight is 289 g/mol. The van der Waals surface area contributed by atoms with Crippen LogP contribution in [0.1, 0.15) is 35.8 Å². The lowest BCUT2D eigenvalue weighted by Crippen LogP contribution is -2.18. The molecule has 6 heteroatoms. The maximum absolute atomic E-state index is 14.2. The van der Waals surface area contributed by atoms with Crippen LogP contribution in [0.3, 0.4) is 0 Å². The predicted molar refractivity (Wildman–Crippen MR) is 77.0 cm³/mol. The van der Waals surface area contributed by atoms with Crippen molar-refractivity contribution in [3.05, 3.63) is 57.1 Å². The van der Waals surface area contributed by atoms with E-state index < -0.39 is 10.7 Å². The zero-order chi connectivity index (χ0) is 15.1. The maximum Gasteiger partial charge on any atom is 0.271 e. The molecule has 0 fully saturated rings. The van der Waals surface area contributed by atoms with Gasteiger partial charge in [0.15, 0.2) is 0 Å². The Hall–Kier alpha value is -2.21. The molecule has 0 saturated heterocycles. The fraction of sp³-hybridized carbons (Fsp3) is 0.333. The first-order valence-corrected chi connectivity index (χ1v) is 6.90. The van der Waals surface area contributed by atoms with Crippen LogP contribution in [0, 0.1) is 22.9 Å². The lowest BCUT2D eigenvalue weighted by Gasteiger charge is -2.21. The third kappa shape index (κ3) is 2.21. The molecule has 1 atom stereocenters. The molecule has 1 aromatic carbocycles.